The largest absolute Gasteiger partial charge is 0.276 e. The number of fused-ring (bicyclic) bond motifs is 2. The Kier molecular flexibility index (Phi) is 2.59. The highest BCUT2D eigenvalue weighted by Gasteiger charge is 2.28. The van der Waals surface area contributed by atoms with Gasteiger partial charge in [-0.1, -0.05) is 11.6 Å². The number of rotatable bonds is 2. The summed E-state index contributed by atoms with van der Waals surface area (Å²) in [6.07, 6.45) is 6.15. The quantitative estimate of drug-likeness (QED) is 0.604. The van der Waals surface area contributed by atoms with Crippen LogP contribution >= 0.6 is 11.6 Å². The molecule has 0 atom stereocenters. The van der Waals surface area contributed by atoms with Gasteiger partial charge in [-0.25, -0.2) is 9.50 Å². The van der Waals surface area contributed by atoms with Crippen molar-refractivity contribution in [1.29, 1.82) is 0 Å². The second-order valence-corrected chi connectivity index (χ2v) is 6.59. The molecule has 1 aromatic carbocycles. The van der Waals surface area contributed by atoms with Crippen molar-refractivity contribution in [1.82, 2.24) is 24.8 Å². The first-order valence-electron chi connectivity index (χ1n) is 7.69. The van der Waals surface area contributed by atoms with Crippen LogP contribution in [0.4, 0.5) is 0 Å². The Morgan fingerprint density at radius 3 is 3.00 bits per heavy atom. The van der Waals surface area contributed by atoms with Gasteiger partial charge in [-0.15, -0.1) is 0 Å². The number of pyridine rings is 1. The summed E-state index contributed by atoms with van der Waals surface area (Å²) < 4.78 is 1.88. The fraction of sp³-hybridized carbons (Fsp3) is 0.235. The minimum atomic E-state index is 0.531. The molecule has 1 aliphatic carbocycles. The average Bonchev–Trinajstić information content (AvgIpc) is 3.11. The Balaban J connectivity index is 1.81. The molecule has 1 saturated carbocycles. The third-order valence-corrected chi connectivity index (χ3v) is 4.76. The first-order valence-corrected chi connectivity index (χ1v) is 8.07. The Morgan fingerprint density at radius 1 is 1.30 bits per heavy atom. The molecule has 3 heterocycles. The molecule has 6 heteroatoms. The zero-order chi connectivity index (χ0) is 15.6. The number of nitrogens with one attached hydrogen (secondary N) is 1. The second-order valence-electron chi connectivity index (χ2n) is 6.18. The van der Waals surface area contributed by atoms with Gasteiger partial charge in [0.05, 0.1) is 16.7 Å². The van der Waals surface area contributed by atoms with Gasteiger partial charge in [0.15, 0.2) is 11.5 Å². The van der Waals surface area contributed by atoms with Gasteiger partial charge >= 0.3 is 0 Å². The van der Waals surface area contributed by atoms with Gasteiger partial charge in [-0.05, 0) is 49.1 Å². The number of H-pyrrole nitrogens is 1. The lowest BCUT2D eigenvalue weighted by Crippen LogP contribution is -1.93. The molecule has 1 aliphatic rings. The minimum absolute atomic E-state index is 0.531. The Bertz CT molecular complexity index is 1060. The lowest BCUT2D eigenvalue weighted by molar-refractivity contribution is 0.877. The Morgan fingerprint density at radius 2 is 2.17 bits per heavy atom. The number of hydrogen-bond donors (Lipinski definition) is 1. The SMILES string of the molecule is Cc1ccn2nc(C3CC3)nc2c1-c1cc(Cl)c2[nH]ncc2c1. The van der Waals surface area contributed by atoms with E-state index in [1.807, 2.05) is 16.8 Å². The molecule has 4 aromatic rings. The predicted octanol–water partition coefficient (Wildman–Crippen LogP) is 4.11. The number of nitrogens with zero attached hydrogens (tertiary/aromatic N) is 4. The molecule has 0 bridgehead atoms. The highest BCUT2D eigenvalue weighted by atomic mass is 35.5. The van der Waals surface area contributed by atoms with Crippen LogP contribution in [0, 0.1) is 6.92 Å². The molecule has 5 rings (SSSR count). The van der Waals surface area contributed by atoms with Crippen LogP contribution in [0.15, 0.2) is 30.6 Å². The number of aryl methyl sites for hydroxylation is 1. The van der Waals surface area contributed by atoms with Crippen molar-refractivity contribution in [2.75, 3.05) is 0 Å². The van der Waals surface area contributed by atoms with Crippen LogP contribution in [-0.4, -0.2) is 24.8 Å². The zero-order valence-corrected chi connectivity index (χ0v) is 13.3. The maximum atomic E-state index is 6.41. The smallest absolute Gasteiger partial charge is 0.163 e. The van der Waals surface area contributed by atoms with E-state index in [-0.39, 0.29) is 0 Å². The molecule has 0 unspecified atom stereocenters. The van der Waals surface area contributed by atoms with Crippen LogP contribution in [0.2, 0.25) is 5.02 Å². The first-order chi connectivity index (χ1) is 11.2. The monoisotopic (exact) mass is 323 g/mol. The van der Waals surface area contributed by atoms with Crippen molar-refractivity contribution < 1.29 is 0 Å². The number of aromatic nitrogens is 5. The van der Waals surface area contributed by atoms with E-state index in [1.165, 1.54) is 12.8 Å². The van der Waals surface area contributed by atoms with Gasteiger partial charge in [-0.2, -0.15) is 10.2 Å². The summed E-state index contributed by atoms with van der Waals surface area (Å²) in [4.78, 5) is 4.79. The van der Waals surface area contributed by atoms with Crippen LogP contribution in [-0.2, 0) is 0 Å². The van der Waals surface area contributed by atoms with E-state index in [2.05, 4.69) is 34.4 Å². The molecule has 0 radical (unpaired) electrons. The van der Waals surface area contributed by atoms with Crippen LogP contribution in [0.25, 0.3) is 27.7 Å². The molecule has 0 saturated heterocycles. The van der Waals surface area contributed by atoms with E-state index in [4.69, 9.17) is 16.6 Å². The van der Waals surface area contributed by atoms with Crippen molar-refractivity contribution in [2.24, 2.45) is 0 Å². The molecular formula is C17H14ClN5. The van der Waals surface area contributed by atoms with Gasteiger partial charge in [0.25, 0.3) is 0 Å². The van der Waals surface area contributed by atoms with Crippen molar-refractivity contribution >= 4 is 28.2 Å². The minimum Gasteiger partial charge on any atom is -0.276 e. The maximum Gasteiger partial charge on any atom is 0.163 e. The normalized spacial score (nSPS) is 14.9. The number of aromatic amines is 1. The maximum absolute atomic E-state index is 6.41. The van der Waals surface area contributed by atoms with Gasteiger partial charge < -0.3 is 0 Å². The molecule has 0 aliphatic heterocycles. The highest BCUT2D eigenvalue weighted by molar-refractivity contribution is 6.35. The van der Waals surface area contributed by atoms with Crippen LogP contribution in [0.5, 0.6) is 0 Å². The number of hydrogen-bond acceptors (Lipinski definition) is 3. The summed E-state index contributed by atoms with van der Waals surface area (Å²) in [6, 6.07) is 6.13. The van der Waals surface area contributed by atoms with E-state index >= 15 is 0 Å². The predicted molar refractivity (Wildman–Crippen MR) is 89.8 cm³/mol. The molecule has 114 valence electrons. The van der Waals surface area contributed by atoms with E-state index in [1.54, 1.807) is 6.20 Å². The number of benzene rings is 1. The van der Waals surface area contributed by atoms with Crippen molar-refractivity contribution in [2.45, 2.75) is 25.7 Å². The molecule has 5 nitrogen and oxygen atoms in total. The summed E-state index contributed by atoms with van der Waals surface area (Å²) in [7, 11) is 0. The Hall–Kier alpha value is -2.40. The molecule has 1 N–H and O–H groups in total. The molecule has 23 heavy (non-hydrogen) atoms. The summed E-state index contributed by atoms with van der Waals surface area (Å²) in [5.74, 6) is 1.48. The summed E-state index contributed by atoms with van der Waals surface area (Å²) >= 11 is 6.41. The van der Waals surface area contributed by atoms with Crippen LogP contribution < -0.4 is 0 Å². The lowest BCUT2D eigenvalue weighted by atomic mass is 10.0. The summed E-state index contributed by atoms with van der Waals surface area (Å²) in [5.41, 5.74) is 5.04. The molecule has 0 amide bonds. The molecule has 1 fully saturated rings. The third-order valence-electron chi connectivity index (χ3n) is 4.46. The van der Waals surface area contributed by atoms with E-state index in [9.17, 15) is 0 Å². The molecular weight excluding hydrogens is 310 g/mol. The van der Waals surface area contributed by atoms with Gasteiger partial charge in [0.2, 0.25) is 0 Å². The average molecular weight is 324 g/mol. The summed E-state index contributed by atoms with van der Waals surface area (Å²) in [5, 5.41) is 13.3. The molecule has 3 aromatic heterocycles. The van der Waals surface area contributed by atoms with Gasteiger partial charge in [0.1, 0.15) is 0 Å². The fourth-order valence-corrected chi connectivity index (χ4v) is 3.35. The number of halogens is 1. The zero-order valence-electron chi connectivity index (χ0n) is 12.5. The van der Waals surface area contributed by atoms with Crippen molar-refractivity contribution in [3.8, 4) is 11.1 Å². The van der Waals surface area contributed by atoms with Gasteiger partial charge in [0, 0.05) is 23.1 Å². The lowest BCUT2D eigenvalue weighted by Gasteiger charge is -2.08. The van der Waals surface area contributed by atoms with Gasteiger partial charge in [-0.3, -0.25) is 5.10 Å². The van der Waals surface area contributed by atoms with Crippen molar-refractivity contribution in [3.63, 3.8) is 0 Å². The van der Waals surface area contributed by atoms with Crippen LogP contribution in [0.1, 0.15) is 30.1 Å². The van der Waals surface area contributed by atoms with E-state index in [0.29, 0.717) is 10.9 Å². The topological polar surface area (TPSA) is 58.9 Å². The molecule has 0 spiro atoms. The van der Waals surface area contributed by atoms with Crippen molar-refractivity contribution in [3.05, 3.63) is 47.0 Å². The second kappa shape index (κ2) is 4.55. The van der Waals surface area contributed by atoms with E-state index < -0.39 is 0 Å². The first kappa shape index (κ1) is 13.1. The Labute approximate surface area is 137 Å². The fourth-order valence-electron chi connectivity index (χ4n) is 3.09. The standard InChI is InChI=1S/C17H14ClN5/c1-9-4-5-23-17(20-16(22-23)10-2-3-10)14(9)11-6-12-8-19-21-15(12)13(18)7-11/h4-8,10H,2-3H2,1H3,(H,19,21). The third kappa shape index (κ3) is 1.96. The highest BCUT2D eigenvalue weighted by Crippen LogP contribution is 2.39. The van der Waals surface area contributed by atoms with Crippen LogP contribution in [0.3, 0.4) is 0 Å². The summed E-state index contributed by atoms with van der Waals surface area (Å²) in [6.45, 7) is 2.09. The van der Waals surface area contributed by atoms with E-state index in [0.717, 1.165) is 39.1 Å².